The van der Waals surface area contributed by atoms with E-state index < -0.39 is 12.0 Å². The van der Waals surface area contributed by atoms with Gasteiger partial charge in [0.05, 0.1) is 16.1 Å². The molecule has 0 radical (unpaired) electrons. The number of nitrogens with zero attached hydrogens (tertiary/aromatic N) is 3. The second-order valence-electron chi connectivity index (χ2n) is 7.08. The summed E-state index contributed by atoms with van der Waals surface area (Å²) in [4.78, 5) is 35.0. The number of rotatable bonds is 7. The van der Waals surface area contributed by atoms with Gasteiger partial charge in [-0.25, -0.2) is 9.97 Å². The number of para-hydroxylation sites is 1. The minimum atomic E-state index is -4.66. The quantitative estimate of drug-likeness (QED) is 0.284. The van der Waals surface area contributed by atoms with E-state index in [-0.39, 0.29) is 28.0 Å². The summed E-state index contributed by atoms with van der Waals surface area (Å²) < 4.78 is 39.4. The van der Waals surface area contributed by atoms with Crippen molar-refractivity contribution in [1.29, 1.82) is 0 Å². The van der Waals surface area contributed by atoms with Crippen molar-refractivity contribution < 1.29 is 22.8 Å². The molecule has 0 aliphatic carbocycles. The molecule has 0 spiro atoms. The number of halogens is 3. The van der Waals surface area contributed by atoms with Crippen LogP contribution in [0.3, 0.4) is 0 Å². The zero-order valence-electron chi connectivity index (χ0n) is 16.3. The van der Waals surface area contributed by atoms with E-state index in [0.717, 1.165) is 29.6 Å². The Labute approximate surface area is 184 Å². The molecule has 1 fully saturated rings. The number of fused-ring (bicyclic) bond motifs is 1. The molecule has 162 valence electrons. The van der Waals surface area contributed by atoms with Crippen LogP contribution in [0.4, 0.5) is 13.2 Å². The number of Topliss-reactive ketones (excluding diaryl/α,β-unsaturated/α-hetero) is 1. The highest BCUT2D eigenvalue weighted by molar-refractivity contribution is 8.00. The Bertz CT molecular complexity index is 1130. The first kappa shape index (κ1) is 21.8. The molecule has 5 nitrogen and oxygen atoms in total. The molecule has 3 heterocycles. The lowest BCUT2D eigenvalue weighted by atomic mass is 10.2. The molecular weight excluding hydrogens is 447 g/mol. The first-order chi connectivity index (χ1) is 14.8. The van der Waals surface area contributed by atoms with Crippen LogP contribution in [0.2, 0.25) is 0 Å². The monoisotopic (exact) mass is 465 g/mol. The summed E-state index contributed by atoms with van der Waals surface area (Å²) in [5.41, 5.74) is 0.189. The highest BCUT2D eigenvalue weighted by Crippen LogP contribution is 2.32. The first-order valence-electron chi connectivity index (χ1n) is 9.68. The molecule has 1 aromatic carbocycles. The summed E-state index contributed by atoms with van der Waals surface area (Å²) in [7, 11) is 0. The molecule has 0 atom stereocenters. The molecule has 0 saturated carbocycles. The second-order valence-corrected chi connectivity index (χ2v) is 9.21. The van der Waals surface area contributed by atoms with Gasteiger partial charge in [-0.3, -0.25) is 9.59 Å². The Balaban J connectivity index is 1.44. The maximum absolute atomic E-state index is 13.1. The lowest BCUT2D eigenvalue weighted by Crippen LogP contribution is -2.26. The van der Waals surface area contributed by atoms with Gasteiger partial charge in [0.15, 0.2) is 5.78 Å². The molecule has 1 aliphatic rings. The molecule has 2 aromatic heterocycles. The van der Waals surface area contributed by atoms with Crippen LogP contribution >= 0.6 is 23.1 Å². The molecular formula is C21H18F3N3O2S2. The zero-order valence-corrected chi connectivity index (χ0v) is 17.9. The Morgan fingerprint density at radius 2 is 1.97 bits per heavy atom. The van der Waals surface area contributed by atoms with E-state index in [4.69, 9.17) is 0 Å². The van der Waals surface area contributed by atoms with Gasteiger partial charge in [0, 0.05) is 29.8 Å². The van der Waals surface area contributed by atoms with Crippen LogP contribution in [0.25, 0.3) is 10.9 Å². The number of alkyl halides is 3. The Kier molecular flexibility index (Phi) is 6.29. The van der Waals surface area contributed by atoms with Gasteiger partial charge in [-0.15, -0.1) is 11.3 Å². The van der Waals surface area contributed by atoms with Crippen molar-refractivity contribution in [2.75, 3.05) is 18.8 Å². The normalized spacial score (nSPS) is 14.5. The van der Waals surface area contributed by atoms with Crippen molar-refractivity contribution in [3.05, 3.63) is 52.0 Å². The average molecular weight is 466 g/mol. The number of hydrogen-bond acceptors (Lipinski definition) is 6. The third kappa shape index (κ3) is 5.07. The minimum Gasteiger partial charge on any atom is -0.342 e. The smallest absolute Gasteiger partial charge is 0.342 e. The fourth-order valence-electron chi connectivity index (χ4n) is 3.34. The van der Waals surface area contributed by atoms with E-state index >= 15 is 0 Å². The number of carbonyl (C=O) groups is 2. The number of likely N-dealkylation sites (tertiary alicyclic amines) is 1. The number of benzene rings is 1. The van der Waals surface area contributed by atoms with E-state index in [1.54, 1.807) is 24.3 Å². The van der Waals surface area contributed by atoms with Crippen molar-refractivity contribution in [2.45, 2.75) is 30.5 Å². The van der Waals surface area contributed by atoms with Gasteiger partial charge < -0.3 is 4.90 Å². The Morgan fingerprint density at radius 1 is 1.16 bits per heavy atom. The van der Waals surface area contributed by atoms with E-state index in [0.29, 0.717) is 29.6 Å². The highest BCUT2D eigenvalue weighted by atomic mass is 32.2. The van der Waals surface area contributed by atoms with E-state index in [9.17, 15) is 22.8 Å². The van der Waals surface area contributed by atoms with Crippen molar-refractivity contribution in [1.82, 2.24) is 14.9 Å². The van der Waals surface area contributed by atoms with Gasteiger partial charge in [0.25, 0.3) is 0 Å². The fourth-order valence-corrected chi connectivity index (χ4v) is 5.26. The summed E-state index contributed by atoms with van der Waals surface area (Å²) >= 11 is 2.34. The van der Waals surface area contributed by atoms with E-state index in [1.807, 2.05) is 11.0 Å². The van der Waals surface area contributed by atoms with E-state index in [2.05, 4.69) is 9.97 Å². The molecule has 10 heteroatoms. The van der Waals surface area contributed by atoms with Crippen molar-refractivity contribution >= 4 is 45.7 Å². The molecule has 0 unspecified atom stereocenters. The van der Waals surface area contributed by atoms with Gasteiger partial charge in [-0.1, -0.05) is 30.0 Å². The summed E-state index contributed by atoms with van der Waals surface area (Å²) in [6.07, 6.45) is -2.50. The predicted octanol–water partition coefficient (Wildman–Crippen LogP) is 4.85. The number of aromatic nitrogens is 2. The van der Waals surface area contributed by atoms with Gasteiger partial charge in [-0.2, -0.15) is 13.2 Å². The molecule has 0 N–H and O–H groups in total. The number of thioether (sulfide) groups is 1. The van der Waals surface area contributed by atoms with Gasteiger partial charge in [-0.05, 0) is 31.0 Å². The summed E-state index contributed by atoms with van der Waals surface area (Å²) in [5, 5.41) is 0.617. The summed E-state index contributed by atoms with van der Waals surface area (Å²) in [6, 6.07) is 10.0. The van der Waals surface area contributed by atoms with Crippen LogP contribution < -0.4 is 0 Å². The first-order valence-corrected chi connectivity index (χ1v) is 11.5. The molecule has 0 bridgehead atoms. The van der Waals surface area contributed by atoms with Crippen molar-refractivity contribution in [3.8, 4) is 0 Å². The van der Waals surface area contributed by atoms with Gasteiger partial charge >= 0.3 is 6.18 Å². The van der Waals surface area contributed by atoms with Crippen LogP contribution in [0.5, 0.6) is 0 Å². The standard InChI is InChI=1S/C21H18F3N3O2S2/c22-21(23,24)20-25-15-5-2-1-4-14(15)19(26-20)30-12-16(28)17-8-7-13(31-17)9-11-27-10-3-6-18(27)29/h1-2,4-5,7-8H,3,6,9-12H2. The number of amides is 1. The Morgan fingerprint density at radius 3 is 2.71 bits per heavy atom. The predicted molar refractivity (Wildman–Crippen MR) is 113 cm³/mol. The highest BCUT2D eigenvalue weighted by Gasteiger charge is 2.35. The molecule has 3 aromatic rings. The largest absolute Gasteiger partial charge is 0.451 e. The lowest BCUT2D eigenvalue weighted by molar-refractivity contribution is -0.145. The van der Waals surface area contributed by atoms with Crippen LogP contribution in [-0.4, -0.2) is 45.4 Å². The SMILES string of the molecule is O=C(CSc1nc(C(F)(F)F)nc2ccccc12)c1ccc(CCN2CCCC2=O)s1. The third-order valence-electron chi connectivity index (χ3n) is 4.90. The van der Waals surface area contributed by atoms with Crippen LogP contribution in [-0.2, 0) is 17.4 Å². The van der Waals surface area contributed by atoms with Gasteiger partial charge in [0.2, 0.25) is 11.7 Å². The third-order valence-corrected chi connectivity index (χ3v) is 7.07. The average Bonchev–Trinajstić information content (AvgIpc) is 3.38. The minimum absolute atomic E-state index is 0.0249. The maximum atomic E-state index is 13.1. The van der Waals surface area contributed by atoms with Crippen molar-refractivity contribution in [3.63, 3.8) is 0 Å². The molecule has 1 saturated heterocycles. The second kappa shape index (κ2) is 8.96. The zero-order chi connectivity index (χ0) is 22.0. The summed E-state index contributed by atoms with van der Waals surface area (Å²) in [5.74, 6) is -1.24. The number of hydrogen-bond donors (Lipinski definition) is 0. The van der Waals surface area contributed by atoms with Gasteiger partial charge in [0.1, 0.15) is 5.03 Å². The summed E-state index contributed by atoms with van der Waals surface area (Å²) in [6.45, 7) is 1.41. The van der Waals surface area contributed by atoms with Crippen LogP contribution in [0.15, 0.2) is 41.4 Å². The topological polar surface area (TPSA) is 63.2 Å². The maximum Gasteiger partial charge on any atom is 0.451 e. The molecule has 1 amide bonds. The number of carbonyl (C=O) groups excluding carboxylic acids is 2. The fraction of sp³-hybridized carbons (Fsp3) is 0.333. The molecule has 1 aliphatic heterocycles. The Hall–Kier alpha value is -2.46. The van der Waals surface area contributed by atoms with Crippen molar-refractivity contribution in [2.24, 2.45) is 0 Å². The molecule has 4 rings (SSSR count). The molecule has 31 heavy (non-hydrogen) atoms. The van der Waals surface area contributed by atoms with Crippen LogP contribution in [0, 0.1) is 0 Å². The van der Waals surface area contributed by atoms with Crippen LogP contribution in [0.1, 0.15) is 33.2 Å². The lowest BCUT2D eigenvalue weighted by Gasteiger charge is -2.14. The number of ketones is 1. The van der Waals surface area contributed by atoms with E-state index in [1.165, 1.54) is 17.4 Å². The number of thiophene rings is 1.